The summed E-state index contributed by atoms with van der Waals surface area (Å²) >= 11 is 1.95. The quantitative estimate of drug-likeness (QED) is 0.110. The van der Waals surface area contributed by atoms with Gasteiger partial charge in [0.05, 0.1) is 25.8 Å². The Hall–Kier alpha value is -3.40. The lowest BCUT2D eigenvalue weighted by atomic mass is 9.91. The van der Waals surface area contributed by atoms with E-state index in [-0.39, 0.29) is 35.1 Å². The molecule has 2 aromatic carbocycles. The minimum absolute atomic E-state index is 0.000340. The number of carbonyl (C=O) groups is 5. The molecule has 2 aromatic rings. The molecule has 0 bridgehead atoms. The van der Waals surface area contributed by atoms with Crippen molar-refractivity contribution in [3.8, 4) is 0 Å². The van der Waals surface area contributed by atoms with Crippen molar-refractivity contribution >= 4 is 52.0 Å². The van der Waals surface area contributed by atoms with Crippen LogP contribution in [0.3, 0.4) is 0 Å². The van der Waals surface area contributed by atoms with E-state index in [1.54, 1.807) is 7.05 Å². The molecule has 0 unspecified atom stereocenters. The number of nitrogens with one attached hydrogen (secondary N) is 3. The third-order valence-electron chi connectivity index (χ3n) is 9.53. The normalized spacial score (nSPS) is 16.8. The fourth-order valence-electron chi connectivity index (χ4n) is 6.45. The molecule has 0 spiro atoms. The summed E-state index contributed by atoms with van der Waals surface area (Å²) in [4.78, 5) is 72.8. The van der Waals surface area contributed by atoms with Gasteiger partial charge in [-0.05, 0) is 55.6 Å². The first kappa shape index (κ1) is 45.0. The number of rotatable bonds is 21. The fraction of sp³-hybridized carbons (Fsp3) is 0.585. The highest BCUT2D eigenvalue weighted by Crippen LogP contribution is 2.19. The minimum atomic E-state index is -1.65. The van der Waals surface area contributed by atoms with E-state index in [0.29, 0.717) is 52.0 Å². The molecule has 4 N–H and O–H groups in total. The lowest BCUT2D eigenvalue weighted by Gasteiger charge is -2.34. The second kappa shape index (κ2) is 22.2. The fourth-order valence-corrected chi connectivity index (χ4v) is 6.82. The van der Waals surface area contributed by atoms with E-state index in [1.807, 2.05) is 116 Å². The summed E-state index contributed by atoms with van der Waals surface area (Å²) in [5.41, 5.74) is 0.157. The van der Waals surface area contributed by atoms with E-state index >= 15 is 0 Å². The van der Waals surface area contributed by atoms with Gasteiger partial charge in [-0.1, -0.05) is 111 Å². The Bertz CT molecular complexity index is 1500. The van der Waals surface area contributed by atoms with Gasteiger partial charge in [-0.2, -0.15) is 0 Å². The number of aryl methyl sites for hydroxylation is 1. The van der Waals surface area contributed by atoms with Gasteiger partial charge in [0.1, 0.15) is 23.7 Å². The summed E-state index contributed by atoms with van der Waals surface area (Å²) in [6, 6.07) is 15.0. The number of benzene rings is 2. The van der Waals surface area contributed by atoms with Crippen molar-refractivity contribution in [2.75, 3.05) is 44.3 Å². The number of morpholine rings is 1. The molecule has 12 nitrogen and oxygen atoms in total. The number of ketones is 1. The van der Waals surface area contributed by atoms with Crippen LogP contribution in [-0.4, -0.2) is 118 Å². The standard InChI is InChI=1S/C41H60IN5O7/c1-28(2)23-33(37(49)41(5,53)27-42)44-38(50)34(25-31-15-11-8-12-16-31)45-39(51)35(24-29(3)4)46(6)40(52)32(18-17-30-13-9-7-10-14-30)43-36(48)26-47-19-21-54-22-20-47/h7-16,28-29,32-35,53H,17-27H2,1-6H3,(H,43,48)(H,44,50)(H,45,51)/t32-,33-,34-,35-,41+/m0/s1. The monoisotopic (exact) mass is 861 g/mol. The Labute approximate surface area is 334 Å². The molecule has 298 valence electrons. The SMILES string of the molecule is CC(C)C[C@H](NC(=O)[C@H](Cc1ccccc1)NC(=O)[C@H](CC(C)C)N(C)C(=O)[C@H](CCc1ccccc1)NC(=O)CN1CCOCC1)C(=O)[C@](C)(O)CI. The van der Waals surface area contributed by atoms with E-state index in [4.69, 9.17) is 4.74 Å². The first-order valence-corrected chi connectivity index (χ1v) is 20.5. The van der Waals surface area contributed by atoms with E-state index in [9.17, 15) is 29.1 Å². The van der Waals surface area contributed by atoms with Crippen LogP contribution in [0.25, 0.3) is 0 Å². The summed E-state index contributed by atoms with van der Waals surface area (Å²) in [7, 11) is 1.56. The second-order valence-electron chi connectivity index (χ2n) is 15.3. The van der Waals surface area contributed by atoms with Gasteiger partial charge in [0.15, 0.2) is 5.78 Å². The minimum Gasteiger partial charge on any atom is -0.381 e. The van der Waals surface area contributed by atoms with Crippen LogP contribution in [0, 0.1) is 11.8 Å². The molecule has 1 fully saturated rings. The Morgan fingerprint density at radius 2 is 1.37 bits per heavy atom. The number of halogens is 1. The van der Waals surface area contributed by atoms with Crippen molar-refractivity contribution in [3.63, 3.8) is 0 Å². The van der Waals surface area contributed by atoms with Gasteiger partial charge in [0.2, 0.25) is 23.6 Å². The molecule has 0 aliphatic carbocycles. The predicted octanol–water partition coefficient (Wildman–Crippen LogP) is 3.32. The number of likely N-dealkylation sites (N-methyl/N-ethyl adjacent to an activating group) is 1. The zero-order chi connectivity index (χ0) is 39.8. The third kappa shape index (κ3) is 14.7. The summed E-state index contributed by atoms with van der Waals surface area (Å²) in [6.45, 7) is 11.6. The maximum Gasteiger partial charge on any atom is 0.245 e. The molecule has 1 saturated heterocycles. The van der Waals surface area contributed by atoms with E-state index in [0.717, 1.165) is 11.1 Å². The van der Waals surface area contributed by atoms with Crippen molar-refractivity contribution in [3.05, 3.63) is 71.8 Å². The van der Waals surface area contributed by atoms with E-state index < -0.39 is 53.3 Å². The number of alkyl halides is 1. The molecule has 54 heavy (non-hydrogen) atoms. The van der Waals surface area contributed by atoms with Crippen LogP contribution < -0.4 is 16.0 Å². The molecular weight excluding hydrogens is 801 g/mol. The highest BCUT2D eigenvalue weighted by molar-refractivity contribution is 14.1. The number of hydrogen-bond donors (Lipinski definition) is 4. The van der Waals surface area contributed by atoms with Gasteiger partial charge in [-0.15, -0.1) is 0 Å². The van der Waals surface area contributed by atoms with E-state index in [1.165, 1.54) is 11.8 Å². The lowest BCUT2D eigenvalue weighted by Crippen LogP contribution is -2.60. The summed E-state index contributed by atoms with van der Waals surface area (Å²) in [6.07, 6.45) is 1.59. The Balaban J connectivity index is 1.88. The molecule has 1 aliphatic heterocycles. The molecule has 5 atom stereocenters. The number of amides is 4. The van der Waals surface area contributed by atoms with Gasteiger partial charge >= 0.3 is 0 Å². The number of ether oxygens (including phenoxy) is 1. The first-order valence-electron chi connectivity index (χ1n) is 19.0. The molecule has 1 heterocycles. The van der Waals surface area contributed by atoms with Gasteiger partial charge < -0.3 is 30.7 Å². The molecule has 3 rings (SSSR count). The van der Waals surface area contributed by atoms with Crippen molar-refractivity contribution < 1.29 is 33.8 Å². The second-order valence-corrected chi connectivity index (χ2v) is 16.1. The average molecular weight is 862 g/mol. The Kier molecular flexibility index (Phi) is 18.5. The molecule has 13 heteroatoms. The van der Waals surface area contributed by atoms with Crippen molar-refractivity contribution in [1.82, 2.24) is 25.8 Å². The molecule has 1 aliphatic rings. The van der Waals surface area contributed by atoms with Gasteiger partial charge in [0.25, 0.3) is 0 Å². The number of hydrogen-bond acceptors (Lipinski definition) is 8. The highest BCUT2D eigenvalue weighted by Gasteiger charge is 2.39. The Morgan fingerprint density at radius 3 is 1.93 bits per heavy atom. The number of carbonyl (C=O) groups excluding carboxylic acids is 5. The van der Waals surface area contributed by atoms with Crippen molar-refractivity contribution in [2.24, 2.45) is 11.8 Å². The van der Waals surface area contributed by atoms with Crippen LogP contribution >= 0.6 is 22.6 Å². The summed E-state index contributed by atoms with van der Waals surface area (Å²) in [5.74, 6) is -2.25. The van der Waals surface area contributed by atoms with Crippen LogP contribution in [0.1, 0.15) is 65.0 Å². The molecule has 0 aromatic heterocycles. The lowest BCUT2D eigenvalue weighted by molar-refractivity contribution is -0.143. The Morgan fingerprint density at radius 1 is 0.815 bits per heavy atom. The van der Waals surface area contributed by atoms with Crippen molar-refractivity contribution in [2.45, 2.75) is 96.5 Å². The first-order chi connectivity index (χ1) is 25.6. The van der Waals surface area contributed by atoms with Gasteiger partial charge in [-0.25, -0.2) is 0 Å². The maximum atomic E-state index is 14.3. The number of Topliss-reactive ketones (excluding diaryl/α,β-unsaturated/α-hetero) is 1. The zero-order valence-corrected chi connectivity index (χ0v) is 34.8. The number of nitrogens with zero attached hydrogens (tertiary/aromatic N) is 2. The van der Waals surface area contributed by atoms with Crippen LogP contribution in [0.2, 0.25) is 0 Å². The molecule has 4 amide bonds. The predicted molar refractivity (Wildman–Crippen MR) is 218 cm³/mol. The summed E-state index contributed by atoms with van der Waals surface area (Å²) in [5, 5.41) is 19.5. The van der Waals surface area contributed by atoms with Crippen LogP contribution in [0.5, 0.6) is 0 Å². The van der Waals surface area contributed by atoms with Crippen LogP contribution in [0.15, 0.2) is 60.7 Å². The average Bonchev–Trinajstić information content (AvgIpc) is 3.14. The maximum absolute atomic E-state index is 14.3. The topological polar surface area (TPSA) is 157 Å². The van der Waals surface area contributed by atoms with Gasteiger partial charge in [0, 0.05) is 31.0 Å². The third-order valence-corrected chi connectivity index (χ3v) is 11.0. The number of aliphatic hydroxyl groups is 1. The smallest absolute Gasteiger partial charge is 0.245 e. The largest absolute Gasteiger partial charge is 0.381 e. The van der Waals surface area contributed by atoms with Crippen LogP contribution in [-0.2, 0) is 41.6 Å². The molecule has 0 radical (unpaired) electrons. The van der Waals surface area contributed by atoms with Crippen molar-refractivity contribution in [1.29, 1.82) is 0 Å². The molecule has 0 saturated carbocycles. The van der Waals surface area contributed by atoms with Gasteiger partial charge in [-0.3, -0.25) is 28.9 Å². The zero-order valence-electron chi connectivity index (χ0n) is 32.7. The molecular formula is C41H60IN5O7. The van der Waals surface area contributed by atoms with E-state index in [2.05, 4.69) is 16.0 Å². The summed E-state index contributed by atoms with van der Waals surface area (Å²) < 4.78 is 5.56. The van der Waals surface area contributed by atoms with Crippen LogP contribution in [0.4, 0.5) is 0 Å². The highest BCUT2D eigenvalue weighted by atomic mass is 127.